The van der Waals surface area contributed by atoms with Crippen molar-refractivity contribution in [2.45, 2.75) is 51.1 Å². The van der Waals surface area contributed by atoms with Gasteiger partial charge in [0.2, 0.25) is 0 Å². The number of aromatic nitrogens is 1. The van der Waals surface area contributed by atoms with Crippen LogP contribution in [0.4, 0.5) is 5.69 Å². The van der Waals surface area contributed by atoms with Gasteiger partial charge in [0.1, 0.15) is 0 Å². The lowest BCUT2D eigenvalue weighted by atomic mass is 9.81. The van der Waals surface area contributed by atoms with Gasteiger partial charge in [-0.15, -0.1) is 0 Å². The van der Waals surface area contributed by atoms with Gasteiger partial charge in [-0.1, -0.05) is 13.8 Å². The molecule has 0 spiro atoms. The molecule has 1 saturated carbocycles. The van der Waals surface area contributed by atoms with E-state index in [1.54, 1.807) is 12.1 Å². The van der Waals surface area contributed by atoms with Crippen LogP contribution in [0.1, 0.15) is 40.0 Å². The predicted molar refractivity (Wildman–Crippen MR) is 84.7 cm³/mol. The first-order valence-electron chi connectivity index (χ1n) is 7.63. The van der Waals surface area contributed by atoms with Gasteiger partial charge >= 0.3 is 0 Å². The molecular formula is C15H25N3O2S. The third-order valence-electron chi connectivity index (χ3n) is 3.89. The van der Waals surface area contributed by atoms with E-state index in [-0.39, 0.29) is 11.1 Å². The highest BCUT2D eigenvalue weighted by atomic mass is 32.2. The first-order chi connectivity index (χ1) is 9.92. The summed E-state index contributed by atoms with van der Waals surface area (Å²) in [6.45, 7) is 6.95. The van der Waals surface area contributed by atoms with E-state index in [4.69, 9.17) is 0 Å². The summed E-state index contributed by atoms with van der Waals surface area (Å²) in [5.41, 5.74) is 0.560. The molecule has 0 radical (unpaired) electrons. The van der Waals surface area contributed by atoms with Crippen molar-refractivity contribution in [2.24, 2.45) is 11.8 Å². The van der Waals surface area contributed by atoms with Gasteiger partial charge in [-0.3, -0.25) is 0 Å². The third-order valence-corrected chi connectivity index (χ3v) is 5.37. The van der Waals surface area contributed by atoms with Gasteiger partial charge in [0.05, 0.1) is 5.69 Å². The molecule has 2 N–H and O–H groups in total. The fourth-order valence-corrected chi connectivity index (χ4v) is 4.62. The zero-order chi connectivity index (χ0) is 15.5. The normalized spacial score (nSPS) is 26.5. The SMILES string of the molecule is CCNc1cccnc1S(=O)(=O)NC1CC(C)CC(C)C1. The zero-order valence-electron chi connectivity index (χ0n) is 13.0. The smallest absolute Gasteiger partial charge is 0.260 e. The van der Waals surface area contributed by atoms with Gasteiger partial charge in [-0.2, -0.15) is 0 Å². The maximum absolute atomic E-state index is 12.6. The summed E-state index contributed by atoms with van der Waals surface area (Å²) in [5.74, 6) is 1.11. The fourth-order valence-electron chi connectivity index (χ4n) is 3.25. The topological polar surface area (TPSA) is 71.1 Å². The van der Waals surface area contributed by atoms with Crippen LogP contribution in [-0.2, 0) is 10.0 Å². The summed E-state index contributed by atoms with van der Waals surface area (Å²) < 4.78 is 28.0. The first-order valence-corrected chi connectivity index (χ1v) is 9.12. The van der Waals surface area contributed by atoms with Crippen LogP contribution in [-0.4, -0.2) is 26.0 Å². The van der Waals surface area contributed by atoms with Crippen molar-refractivity contribution in [3.8, 4) is 0 Å². The minimum Gasteiger partial charge on any atom is -0.383 e. The largest absolute Gasteiger partial charge is 0.383 e. The predicted octanol–water partition coefficient (Wildman–Crippen LogP) is 2.62. The Morgan fingerprint density at radius 1 is 1.24 bits per heavy atom. The minimum absolute atomic E-state index is 0.00485. The summed E-state index contributed by atoms with van der Waals surface area (Å²) in [4.78, 5) is 4.06. The molecule has 1 aliphatic carbocycles. The second kappa shape index (κ2) is 6.75. The molecule has 1 aliphatic rings. The van der Waals surface area contributed by atoms with Crippen LogP contribution in [0, 0.1) is 11.8 Å². The number of rotatable bonds is 5. The molecule has 0 bridgehead atoms. The van der Waals surface area contributed by atoms with Crippen molar-refractivity contribution >= 4 is 15.7 Å². The summed E-state index contributed by atoms with van der Waals surface area (Å²) in [7, 11) is -3.58. The Balaban J connectivity index is 2.18. The van der Waals surface area contributed by atoms with E-state index in [9.17, 15) is 8.42 Å². The van der Waals surface area contributed by atoms with E-state index in [1.807, 2.05) is 6.92 Å². The standard InChI is InChI=1S/C15H25N3O2S/c1-4-16-14-6-5-7-17-15(14)21(19,20)18-13-9-11(2)8-12(3)10-13/h5-7,11-13,16,18H,4,8-10H2,1-3H3. The molecule has 6 heteroatoms. The number of sulfonamides is 1. The molecule has 0 aromatic carbocycles. The van der Waals surface area contributed by atoms with Crippen LogP contribution < -0.4 is 10.0 Å². The number of pyridine rings is 1. The van der Waals surface area contributed by atoms with Crippen molar-refractivity contribution < 1.29 is 8.42 Å². The second-order valence-corrected chi connectivity index (χ2v) is 7.75. The lowest BCUT2D eigenvalue weighted by Crippen LogP contribution is -2.40. The Kier molecular flexibility index (Phi) is 5.22. The maximum Gasteiger partial charge on any atom is 0.260 e. The van der Waals surface area contributed by atoms with Crippen LogP contribution in [0.2, 0.25) is 0 Å². The van der Waals surface area contributed by atoms with E-state index < -0.39 is 10.0 Å². The average Bonchev–Trinajstić information content (AvgIpc) is 2.37. The van der Waals surface area contributed by atoms with Crippen molar-refractivity contribution in [2.75, 3.05) is 11.9 Å². The van der Waals surface area contributed by atoms with Crippen LogP contribution in [0.25, 0.3) is 0 Å². The van der Waals surface area contributed by atoms with Crippen molar-refractivity contribution in [1.29, 1.82) is 0 Å². The Bertz CT molecular complexity index is 564. The number of nitrogens with zero attached hydrogens (tertiary/aromatic N) is 1. The van der Waals surface area contributed by atoms with Crippen molar-refractivity contribution in [3.05, 3.63) is 18.3 Å². The molecule has 2 rings (SSSR count). The van der Waals surface area contributed by atoms with Gasteiger partial charge in [-0.25, -0.2) is 18.1 Å². The molecular weight excluding hydrogens is 286 g/mol. The van der Waals surface area contributed by atoms with Gasteiger partial charge in [0, 0.05) is 18.8 Å². The highest BCUT2D eigenvalue weighted by molar-refractivity contribution is 7.89. The monoisotopic (exact) mass is 311 g/mol. The van der Waals surface area contributed by atoms with E-state index >= 15 is 0 Å². The Hall–Kier alpha value is -1.14. The second-order valence-electron chi connectivity index (χ2n) is 6.12. The minimum atomic E-state index is -3.58. The van der Waals surface area contributed by atoms with E-state index in [1.165, 1.54) is 12.6 Å². The molecule has 2 atom stereocenters. The molecule has 5 nitrogen and oxygen atoms in total. The molecule has 0 aliphatic heterocycles. The number of hydrogen-bond acceptors (Lipinski definition) is 4. The van der Waals surface area contributed by atoms with Crippen LogP contribution in [0.5, 0.6) is 0 Å². The quantitative estimate of drug-likeness (QED) is 0.877. The molecule has 21 heavy (non-hydrogen) atoms. The first kappa shape index (κ1) is 16.2. The molecule has 0 amide bonds. The molecule has 1 aromatic rings. The van der Waals surface area contributed by atoms with Crippen molar-refractivity contribution in [1.82, 2.24) is 9.71 Å². The van der Waals surface area contributed by atoms with Crippen LogP contribution in [0.3, 0.4) is 0 Å². The van der Waals surface area contributed by atoms with Gasteiger partial charge in [0.25, 0.3) is 10.0 Å². The summed E-state index contributed by atoms with van der Waals surface area (Å²) in [5, 5.41) is 3.15. The highest BCUT2D eigenvalue weighted by Gasteiger charge is 2.29. The van der Waals surface area contributed by atoms with Gasteiger partial charge in [-0.05, 0) is 50.2 Å². The Morgan fingerprint density at radius 3 is 2.52 bits per heavy atom. The van der Waals surface area contributed by atoms with Crippen LogP contribution >= 0.6 is 0 Å². The Labute approximate surface area is 127 Å². The maximum atomic E-state index is 12.6. The van der Waals surface area contributed by atoms with Crippen molar-refractivity contribution in [3.63, 3.8) is 0 Å². The fraction of sp³-hybridized carbons (Fsp3) is 0.667. The Morgan fingerprint density at radius 2 is 1.90 bits per heavy atom. The molecule has 1 heterocycles. The highest BCUT2D eigenvalue weighted by Crippen LogP contribution is 2.29. The molecule has 1 aromatic heterocycles. The molecule has 0 saturated heterocycles. The molecule has 118 valence electrons. The van der Waals surface area contributed by atoms with E-state index in [2.05, 4.69) is 28.9 Å². The summed E-state index contributed by atoms with van der Waals surface area (Å²) in [6.07, 6.45) is 4.48. The lowest BCUT2D eigenvalue weighted by Gasteiger charge is -2.31. The molecule has 2 unspecified atom stereocenters. The zero-order valence-corrected chi connectivity index (χ0v) is 13.8. The lowest BCUT2D eigenvalue weighted by molar-refractivity contribution is 0.257. The third kappa shape index (κ3) is 4.17. The van der Waals surface area contributed by atoms with Crippen LogP contribution in [0.15, 0.2) is 23.4 Å². The van der Waals surface area contributed by atoms with Gasteiger partial charge in [0.15, 0.2) is 5.03 Å². The number of anilines is 1. The average molecular weight is 311 g/mol. The van der Waals surface area contributed by atoms with E-state index in [0.29, 0.717) is 24.1 Å². The summed E-state index contributed by atoms with van der Waals surface area (Å²) >= 11 is 0. The molecule has 1 fully saturated rings. The number of nitrogens with one attached hydrogen (secondary N) is 2. The summed E-state index contributed by atoms with van der Waals surface area (Å²) in [6, 6.07) is 3.49. The number of hydrogen-bond donors (Lipinski definition) is 2. The van der Waals surface area contributed by atoms with Gasteiger partial charge < -0.3 is 5.32 Å². The van der Waals surface area contributed by atoms with E-state index in [0.717, 1.165) is 12.8 Å².